The predicted molar refractivity (Wildman–Crippen MR) is 66.2 cm³/mol. The smallest absolute Gasteiger partial charge is 0.336 e. The molecule has 0 aromatic heterocycles. The zero-order valence-corrected chi connectivity index (χ0v) is 9.03. The van der Waals surface area contributed by atoms with Crippen LogP contribution in [-0.2, 0) is 0 Å². The van der Waals surface area contributed by atoms with Crippen LogP contribution in [0.2, 0.25) is 0 Å². The second-order valence-corrected chi connectivity index (χ2v) is 3.90. The van der Waals surface area contributed by atoms with E-state index in [1.54, 1.807) is 0 Å². The lowest BCUT2D eigenvalue weighted by Crippen LogP contribution is -2.43. The molecule has 1 aromatic carbocycles. The van der Waals surface area contributed by atoms with Gasteiger partial charge in [-0.2, -0.15) is 0 Å². The van der Waals surface area contributed by atoms with E-state index in [4.69, 9.17) is 5.84 Å². The number of hydrogen-bond donors (Lipinski definition) is 2. The summed E-state index contributed by atoms with van der Waals surface area (Å²) in [6.07, 6.45) is 2.05. The van der Waals surface area contributed by atoms with Gasteiger partial charge in [0.05, 0.1) is 5.69 Å². The molecule has 1 aromatic rings. The van der Waals surface area contributed by atoms with Crippen molar-refractivity contribution in [2.75, 3.05) is 12.1 Å². The van der Waals surface area contributed by atoms with E-state index in [1.165, 1.54) is 25.2 Å². The first-order valence-corrected chi connectivity index (χ1v) is 5.19. The molecule has 0 heterocycles. The van der Waals surface area contributed by atoms with E-state index in [-0.39, 0.29) is 13.2 Å². The first-order chi connectivity index (χ1) is 7.63. The summed E-state index contributed by atoms with van der Waals surface area (Å²) >= 11 is 0. The highest BCUT2D eigenvalue weighted by Crippen LogP contribution is 2.44. The van der Waals surface area contributed by atoms with Crippen LogP contribution < -0.4 is 16.2 Å². The molecule has 3 N–H and O–H groups in total. The number of nitrogens with two attached hydrogens (primary N) is 1. The molecule has 1 aliphatic rings. The molecule has 94 valence electrons. The van der Waals surface area contributed by atoms with Crippen molar-refractivity contribution < 1.29 is 9.18 Å². The summed E-state index contributed by atoms with van der Waals surface area (Å²) < 4.78 is 13.1. The van der Waals surface area contributed by atoms with Gasteiger partial charge < -0.3 is 5.32 Å². The maximum absolute atomic E-state index is 13.1. The van der Waals surface area contributed by atoms with Crippen molar-refractivity contribution in [2.45, 2.75) is 26.2 Å². The van der Waals surface area contributed by atoms with Gasteiger partial charge in [-0.15, -0.1) is 0 Å². The Bertz CT molecular complexity index is 418. The van der Waals surface area contributed by atoms with Gasteiger partial charge in [-0.05, 0) is 42.5 Å². The second kappa shape index (κ2) is 5.14. The molecule has 1 aliphatic carbocycles. The van der Waals surface area contributed by atoms with Crippen LogP contribution in [0.1, 0.15) is 31.7 Å². The van der Waals surface area contributed by atoms with Gasteiger partial charge in [0.15, 0.2) is 0 Å². The number of nitrogens with one attached hydrogen (secondary N) is 1. The third kappa shape index (κ3) is 2.74. The number of nitrogens with zero attached hydrogens (tertiary/aromatic N) is 1. The number of hydrazine groups is 1. The molecule has 0 bridgehead atoms. The monoisotopic (exact) mass is 239 g/mol. The normalized spacial score (nSPS) is 13.8. The molecule has 0 atom stereocenters. The largest absolute Gasteiger partial charge is 0.340 e. The quantitative estimate of drug-likeness (QED) is 0.473. The lowest BCUT2D eigenvalue weighted by Gasteiger charge is -2.19. The number of urea groups is 1. The van der Waals surface area contributed by atoms with Crippen molar-refractivity contribution in [3.8, 4) is 0 Å². The summed E-state index contributed by atoms with van der Waals surface area (Å²) in [5.74, 6) is 5.70. The minimum absolute atomic E-state index is 0. The Labute approximate surface area is 101 Å². The van der Waals surface area contributed by atoms with Crippen molar-refractivity contribution in [2.24, 2.45) is 5.84 Å². The third-order valence-electron chi connectivity index (χ3n) is 2.70. The lowest BCUT2D eigenvalue weighted by molar-refractivity contribution is 0.248. The first-order valence-electron chi connectivity index (χ1n) is 5.19. The molecular weight excluding hydrogens is 221 g/mol. The second-order valence-electron chi connectivity index (χ2n) is 3.90. The molecule has 2 amide bonds. The molecular formula is C12H18FN3O. The standard InChI is InChI=1S/C11H14FN3O.CH4/c1-14-11(16)15(13)10-5-4-8(12)6-9(10)7-2-3-7;/h4-7H,2-3,13H2,1H3,(H,14,16);1H4. The fourth-order valence-corrected chi connectivity index (χ4v) is 1.70. The number of amides is 2. The van der Waals surface area contributed by atoms with E-state index in [9.17, 15) is 9.18 Å². The summed E-state index contributed by atoms with van der Waals surface area (Å²) in [5.41, 5.74) is 1.38. The fourth-order valence-electron chi connectivity index (χ4n) is 1.70. The van der Waals surface area contributed by atoms with Crippen molar-refractivity contribution in [3.05, 3.63) is 29.6 Å². The SMILES string of the molecule is C.CNC(=O)N(N)c1ccc(F)cc1C1CC1. The van der Waals surface area contributed by atoms with Gasteiger partial charge >= 0.3 is 6.03 Å². The molecule has 0 aliphatic heterocycles. The summed E-state index contributed by atoms with van der Waals surface area (Å²) in [7, 11) is 1.50. The van der Waals surface area contributed by atoms with Crippen LogP contribution in [0.4, 0.5) is 14.9 Å². The number of anilines is 1. The van der Waals surface area contributed by atoms with Crippen LogP contribution in [0.15, 0.2) is 18.2 Å². The Hall–Kier alpha value is -1.62. The maximum atomic E-state index is 13.1. The lowest BCUT2D eigenvalue weighted by atomic mass is 10.1. The molecule has 0 radical (unpaired) electrons. The molecule has 0 saturated heterocycles. The van der Waals surface area contributed by atoms with E-state index in [0.717, 1.165) is 23.4 Å². The summed E-state index contributed by atoms with van der Waals surface area (Å²) in [6.45, 7) is 0. The van der Waals surface area contributed by atoms with E-state index in [0.29, 0.717) is 11.6 Å². The number of halogens is 1. The summed E-state index contributed by atoms with van der Waals surface area (Å²) in [4.78, 5) is 11.4. The minimum Gasteiger partial charge on any atom is -0.340 e. The van der Waals surface area contributed by atoms with Gasteiger partial charge in [-0.3, -0.25) is 0 Å². The average Bonchev–Trinajstić information content (AvgIpc) is 3.10. The van der Waals surface area contributed by atoms with E-state index >= 15 is 0 Å². The average molecular weight is 239 g/mol. The van der Waals surface area contributed by atoms with Gasteiger partial charge in [0.1, 0.15) is 5.82 Å². The predicted octanol–water partition coefficient (Wildman–Crippen LogP) is 2.36. The van der Waals surface area contributed by atoms with E-state index < -0.39 is 6.03 Å². The molecule has 1 saturated carbocycles. The summed E-state index contributed by atoms with van der Waals surface area (Å²) in [6, 6.07) is 3.89. The van der Waals surface area contributed by atoms with Crippen molar-refractivity contribution in [1.29, 1.82) is 0 Å². The number of benzene rings is 1. The van der Waals surface area contributed by atoms with Gasteiger partial charge in [-0.25, -0.2) is 20.0 Å². The number of rotatable bonds is 2. The van der Waals surface area contributed by atoms with Gasteiger partial charge in [0.25, 0.3) is 0 Å². The zero-order valence-electron chi connectivity index (χ0n) is 9.03. The molecule has 4 nitrogen and oxygen atoms in total. The van der Waals surface area contributed by atoms with Gasteiger partial charge in [0.2, 0.25) is 0 Å². The molecule has 17 heavy (non-hydrogen) atoms. The van der Waals surface area contributed by atoms with Crippen LogP contribution in [0.5, 0.6) is 0 Å². The van der Waals surface area contributed by atoms with Crippen LogP contribution in [0.3, 0.4) is 0 Å². The van der Waals surface area contributed by atoms with Crippen LogP contribution in [-0.4, -0.2) is 13.1 Å². The Morgan fingerprint density at radius 1 is 1.53 bits per heavy atom. The maximum Gasteiger partial charge on any atom is 0.336 e. The van der Waals surface area contributed by atoms with Crippen LogP contribution in [0, 0.1) is 5.82 Å². The molecule has 2 rings (SSSR count). The number of hydrogen-bond acceptors (Lipinski definition) is 2. The third-order valence-corrected chi connectivity index (χ3v) is 2.70. The van der Waals surface area contributed by atoms with Crippen molar-refractivity contribution >= 4 is 11.7 Å². The zero-order chi connectivity index (χ0) is 11.7. The van der Waals surface area contributed by atoms with Crippen LogP contribution in [0.25, 0.3) is 0 Å². The topological polar surface area (TPSA) is 58.4 Å². The van der Waals surface area contributed by atoms with E-state index in [2.05, 4.69) is 5.32 Å². The fraction of sp³-hybridized carbons (Fsp3) is 0.417. The van der Waals surface area contributed by atoms with Crippen molar-refractivity contribution in [1.82, 2.24) is 5.32 Å². The van der Waals surface area contributed by atoms with Crippen LogP contribution >= 0.6 is 0 Å². The molecule has 5 heteroatoms. The molecule has 1 fully saturated rings. The van der Waals surface area contributed by atoms with Gasteiger partial charge in [0, 0.05) is 7.05 Å². The highest BCUT2D eigenvalue weighted by Gasteiger charge is 2.28. The number of carbonyl (C=O) groups is 1. The highest BCUT2D eigenvalue weighted by atomic mass is 19.1. The van der Waals surface area contributed by atoms with Crippen molar-refractivity contribution in [3.63, 3.8) is 0 Å². The van der Waals surface area contributed by atoms with E-state index in [1.807, 2.05) is 0 Å². The highest BCUT2D eigenvalue weighted by molar-refractivity contribution is 5.91. The molecule has 0 spiro atoms. The minimum atomic E-state index is -0.409. The Morgan fingerprint density at radius 3 is 2.71 bits per heavy atom. The first kappa shape index (κ1) is 13.4. The Morgan fingerprint density at radius 2 is 2.18 bits per heavy atom. The number of carbonyl (C=O) groups excluding carboxylic acids is 1. The summed E-state index contributed by atoms with van der Waals surface area (Å²) in [5, 5.41) is 3.45. The Balaban J connectivity index is 0.00000144. The Kier molecular flexibility index (Phi) is 4.07. The van der Waals surface area contributed by atoms with Gasteiger partial charge in [-0.1, -0.05) is 7.43 Å². The molecule has 0 unspecified atom stereocenters.